The molecule has 1 fully saturated rings. The molecule has 1 aliphatic rings. The smallest absolute Gasteiger partial charge is 0.245 e. The molecule has 112 valence electrons. The third kappa shape index (κ3) is 3.13. The topological polar surface area (TPSA) is 69.6 Å². The van der Waals surface area contributed by atoms with Crippen molar-refractivity contribution in [3.05, 3.63) is 24.3 Å². The predicted octanol–water partition coefficient (Wildman–Crippen LogP) is 1.51. The molecular weight excluding hydrogens is 276 g/mol. The summed E-state index contributed by atoms with van der Waals surface area (Å²) >= 11 is 0. The minimum atomic E-state index is -3.50. The molecule has 6 heteroatoms. The third-order valence-corrected chi connectivity index (χ3v) is 5.54. The number of nitrogens with zero attached hydrogens (tertiary/aromatic N) is 1. The number of aliphatic hydroxyl groups excluding tert-OH is 1. The number of para-hydroxylation sites is 1. The van der Waals surface area contributed by atoms with E-state index in [1.807, 2.05) is 13.0 Å². The Hall–Kier alpha value is -1.11. The van der Waals surface area contributed by atoms with Gasteiger partial charge in [0.05, 0.1) is 5.69 Å². The van der Waals surface area contributed by atoms with Crippen LogP contribution in [0.15, 0.2) is 29.2 Å². The molecule has 1 saturated heterocycles. The summed E-state index contributed by atoms with van der Waals surface area (Å²) in [5.74, 6) is 0.0461. The monoisotopic (exact) mass is 298 g/mol. The second-order valence-corrected chi connectivity index (χ2v) is 6.99. The zero-order chi connectivity index (χ0) is 14.6. The molecule has 1 unspecified atom stereocenters. The number of piperidine rings is 1. The van der Waals surface area contributed by atoms with Crippen LogP contribution in [0.25, 0.3) is 0 Å². The number of benzene rings is 1. The summed E-state index contributed by atoms with van der Waals surface area (Å²) in [6.45, 7) is 3.58. The molecule has 0 spiro atoms. The molecule has 20 heavy (non-hydrogen) atoms. The average Bonchev–Trinajstić information content (AvgIpc) is 2.48. The molecule has 0 amide bonds. The predicted molar refractivity (Wildman–Crippen MR) is 79.2 cm³/mol. The second-order valence-electron chi connectivity index (χ2n) is 5.08. The summed E-state index contributed by atoms with van der Waals surface area (Å²) in [4.78, 5) is 0.320. The van der Waals surface area contributed by atoms with Crippen LogP contribution in [0.5, 0.6) is 0 Å². The van der Waals surface area contributed by atoms with Gasteiger partial charge >= 0.3 is 0 Å². The highest BCUT2D eigenvalue weighted by Gasteiger charge is 2.31. The summed E-state index contributed by atoms with van der Waals surface area (Å²) in [5.41, 5.74) is 0.640. The molecular formula is C14H22N2O3S. The highest BCUT2D eigenvalue weighted by molar-refractivity contribution is 7.89. The van der Waals surface area contributed by atoms with Crippen LogP contribution in [0.2, 0.25) is 0 Å². The van der Waals surface area contributed by atoms with E-state index < -0.39 is 10.0 Å². The van der Waals surface area contributed by atoms with Gasteiger partial charge in [-0.25, -0.2) is 8.42 Å². The van der Waals surface area contributed by atoms with Crippen molar-refractivity contribution in [3.63, 3.8) is 0 Å². The fourth-order valence-electron chi connectivity index (χ4n) is 2.56. The van der Waals surface area contributed by atoms with E-state index in [0.29, 0.717) is 30.2 Å². The number of nitrogens with one attached hydrogen (secondary N) is 1. The second kappa shape index (κ2) is 6.56. The molecule has 0 aliphatic carbocycles. The first-order valence-corrected chi connectivity index (χ1v) is 8.47. The van der Waals surface area contributed by atoms with Gasteiger partial charge in [-0.15, -0.1) is 0 Å². The summed E-state index contributed by atoms with van der Waals surface area (Å²) in [6.07, 6.45) is 1.69. The van der Waals surface area contributed by atoms with Gasteiger partial charge in [-0.05, 0) is 37.8 Å². The summed E-state index contributed by atoms with van der Waals surface area (Å²) in [6, 6.07) is 6.98. The van der Waals surface area contributed by atoms with Gasteiger partial charge in [0.15, 0.2) is 0 Å². The van der Waals surface area contributed by atoms with Gasteiger partial charge in [0.1, 0.15) is 4.90 Å². The van der Waals surface area contributed by atoms with Crippen LogP contribution in [0.1, 0.15) is 19.8 Å². The molecule has 2 rings (SSSR count). The van der Waals surface area contributed by atoms with Crippen LogP contribution in [0, 0.1) is 5.92 Å². The normalized spacial score (nSPS) is 20.8. The SMILES string of the molecule is CCNc1ccccc1S(=O)(=O)N1CCCC(CO)C1. The van der Waals surface area contributed by atoms with E-state index in [0.717, 1.165) is 12.8 Å². The maximum Gasteiger partial charge on any atom is 0.245 e. The Morgan fingerprint density at radius 1 is 1.40 bits per heavy atom. The maximum absolute atomic E-state index is 12.7. The minimum absolute atomic E-state index is 0.0425. The van der Waals surface area contributed by atoms with Crippen molar-refractivity contribution in [2.24, 2.45) is 5.92 Å². The molecule has 5 nitrogen and oxygen atoms in total. The maximum atomic E-state index is 12.7. The third-order valence-electron chi connectivity index (χ3n) is 3.61. The lowest BCUT2D eigenvalue weighted by atomic mass is 10.0. The molecule has 1 atom stereocenters. The first-order valence-electron chi connectivity index (χ1n) is 7.03. The summed E-state index contributed by atoms with van der Waals surface area (Å²) in [5, 5.41) is 12.3. The number of hydrogen-bond donors (Lipinski definition) is 2. The Morgan fingerprint density at radius 3 is 2.85 bits per heavy atom. The Bertz CT molecular complexity index is 545. The van der Waals surface area contributed by atoms with E-state index in [2.05, 4.69) is 5.32 Å². The van der Waals surface area contributed by atoms with E-state index in [9.17, 15) is 13.5 Å². The van der Waals surface area contributed by atoms with Gasteiger partial charge in [-0.2, -0.15) is 4.31 Å². The molecule has 1 heterocycles. The number of hydrogen-bond acceptors (Lipinski definition) is 4. The molecule has 0 bridgehead atoms. The lowest BCUT2D eigenvalue weighted by molar-refractivity contribution is 0.165. The lowest BCUT2D eigenvalue weighted by Gasteiger charge is -2.31. The van der Waals surface area contributed by atoms with E-state index in [-0.39, 0.29) is 12.5 Å². The lowest BCUT2D eigenvalue weighted by Crippen LogP contribution is -2.41. The van der Waals surface area contributed by atoms with Gasteiger partial charge in [-0.1, -0.05) is 12.1 Å². The fourth-order valence-corrected chi connectivity index (χ4v) is 4.28. The highest BCUT2D eigenvalue weighted by atomic mass is 32.2. The summed E-state index contributed by atoms with van der Waals surface area (Å²) < 4.78 is 27.0. The van der Waals surface area contributed by atoms with E-state index >= 15 is 0 Å². The van der Waals surface area contributed by atoms with Crippen LogP contribution < -0.4 is 5.32 Å². The van der Waals surface area contributed by atoms with Crippen molar-refractivity contribution in [2.45, 2.75) is 24.7 Å². The Morgan fingerprint density at radius 2 is 2.15 bits per heavy atom. The first-order chi connectivity index (χ1) is 9.59. The van der Waals surface area contributed by atoms with Crippen LogP contribution in [-0.4, -0.2) is 44.1 Å². The van der Waals surface area contributed by atoms with Crippen molar-refractivity contribution in [1.29, 1.82) is 0 Å². The standard InChI is InChI=1S/C14H22N2O3S/c1-2-15-13-7-3-4-8-14(13)20(18,19)16-9-5-6-12(10-16)11-17/h3-4,7-8,12,15,17H,2,5-6,9-11H2,1H3. The van der Waals surface area contributed by atoms with Crippen molar-refractivity contribution in [1.82, 2.24) is 4.31 Å². The molecule has 2 N–H and O–H groups in total. The van der Waals surface area contributed by atoms with Gasteiger partial charge in [0.2, 0.25) is 10.0 Å². The zero-order valence-corrected chi connectivity index (χ0v) is 12.6. The van der Waals surface area contributed by atoms with Crippen molar-refractivity contribution in [3.8, 4) is 0 Å². The summed E-state index contributed by atoms with van der Waals surface area (Å²) in [7, 11) is -3.50. The van der Waals surface area contributed by atoms with Crippen LogP contribution in [0.4, 0.5) is 5.69 Å². The molecule has 0 aromatic heterocycles. The van der Waals surface area contributed by atoms with Crippen molar-refractivity contribution < 1.29 is 13.5 Å². The molecule has 1 aliphatic heterocycles. The van der Waals surface area contributed by atoms with Gasteiger partial charge < -0.3 is 10.4 Å². The van der Waals surface area contributed by atoms with E-state index in [1.54, 1.807) is 18.2 Å². The van der Waals surface area contributed by atoms with Gasteiger partial charge in [-0.3, -0.25) is 0 Å². The minimum Gasteiger partial charge on any atom is -0.396 e. The first kappa shape index (κ1) is 15.3. The zero-order valence-electron chi connectivity index (χ0n) is 11.7. The van der Waals surface area contributed by atoms with E-state index in [1.165, 1.54) is 4.31 Å². The number of anilines is 1. The molecule has 1 aromatic carbocycles. The number of aliphatic hydroxyl groups is 1. The van der Waals surface area contributed by atoms with Crippen LogP contribution >= 0.6 is 0 Å². The highest BCUT2D eigenvalue weighted by Crippen LogP contribution is 2.28. The Balaban J connectivity index is 2.30. The van der Waals surface area contributed by atoms with Gasteiger partial charge in [0, 0.05) is 26.2 Å². The average molecular weight is 298 g/mol. The number of rotatable bonds is 5. The fraction of sp³-hybridized carbons (Fsp3) is 0.571. The molecule has 0 radical (unpaired) electrons. The molecule has 1 aromatic rings. The van der Waals surface area contributed by atoms with Crippen molar-refractivity contribution >= 4 is 15.7 Å². The van der Waals surface area contributed by atoms with Crippen LogP contribution in [0.3, 0.4) is 0 Å². The van der Waals surface area contributed by atoms with E-state index in [4.69, 9.17) is 0 Å². The largest absolute Gasteiger partial charge is 0.396 e. The van der Waals surface area contributed by atoms with Crippen LogP contribution in [-0.2, 0) is 10.0 Å². The Labute approximate surface area is 120 Å². The Kier molecular flexibility index (Phi) is 5.01. The van der Waals surface area contributed by atoms with Gasteiger partial charge in [0.25, 0.3) is 0 Å². The quantitative estimate of drug-likeness (QED) is 0.864. The van der Waals surface area contributed by atoms with Crippen molar-refractivity contribution in [2.75, 3.05) is 31.6 Å². The number of sulfonamides is 1. The molecule has 0 saturated carbocycles.